The second-order valence-electron chi connectivity index (χ2n) is 7.04. The molecule has 1 saturated heterocycles. The van der Waals surface area contributed by atoms with Crippen LogP contribution in [0.1, 0.15) is 24.0 Å². The van der Waals surface area contributed by atoms with Gasteiger partial charge < -0.3 is 4.90 Å². The molecule has 4 nitrogen and oxygen atoms in total. The maximum atomic E-state index is 14.4. The zero-order valence-electron chi connectivity index (χ0n) is 15.3. The standard InChI is InChI=1S/C20H20ClF2NO3S/c1-13-2-3-15(19(23)10-13)12-24(16-4-5-18(22)17(21)11-16)20(25)14-6-8-28(26,27)9-7-14/h2-5,10-11,14H,6-9,12H2,1H3. The number of sulfone groups is 1. The molecule has 0 saturated carbocycles. The molecule has 28 heavy (non-hydrogen) atoms. The number of aryl methyl sites for hydroxylation is 1. The first-order chi connectivity index (χ1) is 13.2. The molecule has 1 aliphatic heterocycles. The van der Waals surface area contributed by atoms with Crippen molar-refractivity contribution in [2.45, 2.75) is 26.3 Å². The quantitative estimate of drug-likeness (QED) is 0.731. The second kappa shape index (κ2) is 8.17. The van der Waals surface area contributed by atoms with Crippen molar-refractivity contribution < 1.29 is 22.0 Å². The third-order valence-electron chi connectivity index (χ3n) is 4.92. The first kappa shape index (κ1) is 20.7. The highest BCUT2D eigenvalue weighted by Gasteiger charge is 2.32. The first-order valence-corrected chi connectivity index (χ1v) is 11.1. The molecule has 150 valence electrons. The zero-order valence-corrected chi connectivity index (χ0v) is 16.9. The minimum absolute atomic E-state index is 0.0552. The van der Waals surface area contributed by atoms with Crippen LogP contribution in [-0.2, 0) is 21.2 Å². The number of rotatable bonds is 4. The lowest BCUT2D eigenvalue weighted by molar-refractivity contribution is -0.122. The molecule has 2 aromatic rings. The van der Waals surface area contributed by atoms with Gasteiger partial charge in [0.25, 0.3) is 0 Å². The van der Waals surface area contributed by atoms with E-state index in [1.54, 1.807) is 19.1 Å². The highest BCUT2D eigenvalue weighted by atomic mass is 35.5. The molecule has 8 heteroatoms. The summed E-state index contributed by atoms with van der Waals surface area (Å²) < 4.78 is 51.3. The molecule has 0 aliphatic carbocycles. The molecule has 0 bridgehead atoms. The summed E-state index contributed by atoms with van der Waals surface area (Å²) in [6.45, 7) is 1.70. The lowest BCUT2D eigenvalue weighted by Gasteiger charge is -2.30. The van der Waals surface area contributed by atoms with Crippen LogP contribution in [0.15, 0.2) is 36.4 Å². The number of hydrogen-bond donors (Lipinski definition) is 0. The van der Waals surface area contributed by atoms with E-state index in [0.29, 0.717) is 11.3 Å². The van der Waals surface area contributed by atoms with Gasteiger partial charge in [0, 0.05) is 17.2 Å². The lowest BCUT2D eigenvalue weighted by atomic mass is 10.00. The van der Waals surface area contributed by atoms with Crippen molar-refractivity contribution >= 4 is 33.0 Å². The molecule has 0 radical (unpaired) electrons. The van der Waals surface area contributed by atoms with Gasteiger partial charge in [0.2, 0.25) is 5.91 Å². The van der Waals surface area contributed by atoms with Gasteiger partial charge in [-0.15, -0.1) is 0 Å². The van der Waals surface area contributed by atoms with Crippen molar-refractivity contribution in [3.63, 3.8) is 0 Å². The van der Waals surface area contributed by atoms with Crippen molar-refractivity contribution in [3.8, 4) is 0 Å². The van der Waals surface area contributed by atoms with Crippen LogP contribution in [0.2, 0.25) is 5.02 Å². The van der Waals surface area contributed by atoms with Gasteiger partial charge in [-0.05, 0) is 49.6 Å². The van der Waals surface area contributed by atoms with Crippen molar-refractivity contribution in [3.05, 3.63) is 64.2 Å². The van der Waals surface area contributed by atoms with Crippen molar-refractivity contribution in [2.75, 3.05) is 16.4 Å². The Labute approximate surface area is 168 Å². The van der Waals surface area contributed by atoms with Crippen LogP contribution in [0.5, 0.6) is 0 Å². The Morgan fingerprint density at radius 2 is 1.79 bits per heavy atom. The molecule has 0 N–H and O–H groups in total. The van der Waals surface area contributed by atoms with E-state index < -0.39 is 27.4 Å². The van der Waals surface area contributed by atoms with Gasteiger partial charge in [0.05, 0.1) is 23.1 Å². The number of benzene rings is 2. The largest absolute Gasteiger partial charge is 0.308 e. The summed E-state index contributed by atoms with van der Waals surface area (Å²) in [5, 5.41) is -0.147. The summed E-state index contributed by atoms with van der Waals surface area (Å²) in [5.74, 6) is -2.00. The Hall–Kier alpha value is -1.99. The highest BCUT2D eigenvalue weighted by molar-refractivity contribution is 7.91. The Morgan fingerprint density at radius 3 is 2.39 bits per heavy atom. The predicted octanol–water partition coefficient (Wildman–Crippen LogP) is 4.28. The van der Waals surface area contributed by atoms with Crippen LogP contribution in [0.3, 0.4) is 0 Å². The Morgan fingerprint density at radius 1 is 1.11 bits per heavy atom. The molecule has 0 atom stereocenters. The first-order valence-electron chi connectivity index (χ1n) is 8.88. The molecule has 1 heterocycles. The summed E-state index contributed by atoms with van der Waals surface area (Å²) in [5.41, 5.74) is 1.40. The summed E-state index contributed by atoms with van der Waals surface area (Å²) in [6.07, 6.45) is 0.423. The average Bonchev–Trinajstić information content (AvgIpc) is 2.63. The van der Waals surface area contributed by atoms with Crippen LogP contribution >= 0.6 is 11.6 Å². The smallest absolute Gasteiger partial charge is 0.230 e. The number of anilines is 1. The summed E-state index contributed by atoms with van der Waals surface area (Å²) in [7, 11) is -3.12. The predicted molar refractivity (Wildman–Crippen MR) is 105 cm³/mol. The van der Waals surface area contributed by atoms with E-state index in [1.807, 2.05) is 0 Å². The maximum absolute atomic E-state index is 14.4. The molecule has 0 unspecified atom stereocenters. The van der Waals surface area contributed by atoms with Gasteiger partial charge in [0.1, 0.15) is 21.5 Å². The van der Waals surface area contributed by atoms with E-state index in [1.165, 1.54) is 23.1 Å². The van der Waals surface area contributed by atoms with Gasteiger partial charge in [-0.25, -0.2) is 17.2 Å². The second-order valence-corrected chi connectivity index (χ2v) is 9.75. The average molecular weight is 428 g/mol. The van der Waals surface area contributed by atoms with Crippen LogP contribution < -0.4 is 4.90 Å². The lowest BCUT2D eigenvalue weighted by Crippen LogP contribution is -2.39. The summed E-state index contributed by atoms with van der Waals surface area (Å²) >= 11 is 5.87. The van der Waals surface area contributed by atoms with Crippen LogP contribution in [0, 0.1) is 24.5 Å². The SMILES string of the molecule is Cc1ccc(CN(C(=O)C2CCS(=O)(=O)CC2)c2ccc(F)c(Cl)c2)c(F)c1. The van der Waals surface area contributed by atoms with Crippen molar-refractivity contribution in [2.24, 2.45) is 5.92 Å². The van der Waals surface area contributed by atoms with Crippen LogP contribution in [0.25, 0.3) is 0 Å². The van der Waals surface area contributed by atoms with Gasteiger partial charge in [-0.2, -0.15) is 0 Å². The fourth-order valence-corrected chi connectivity index (χ4v) is 4.92. The van der Waals surface area contributed by atoms with E-state index >= 15 is 0 Å². The topological polar surface area (TPSA) is 54.5 Å². The third-order valence-corrected chi connectivity index (χ3v) is 6.93. The van der Waals surface area contributed by atoms with Crippen LogP contribution in [0.4, 0.5) is 14.5 Å². The van der Waals surface area contributed by atoms with E-state index in [4.69, 9.17) is 11.6 Å². The molecule has 2 aromatic carbocycles. The van der Waals surface area contributed by atoms with Gasteiger partial charge in [-0.1, -0.05) is 23.7 Å². The van der Waals surface area contributed by atoms with Gasteiger partial charge in [-0.3, -0.25) is 4.79 Å². The maximum Gasteiger partial charge on any atom is 0.230 e. The molecule has 1 fully saturated rings. The Balaban J connectivity index is 1.94. The molecular formula is C20H20ClF2NO3S. The fourth-order valence-electron chi connectivity index (χ4n) is 3.26. The van der Waals surface area contributed by atoms with Crippen molar-refractivity contribution in [1.29, 1.82) is 0 Å². The molecule has 0 aromatic heterocycles. The monoisotopic (exact) mass is 427 g/mol. The van der Waals surface area contributed by atoms with E-state index in [-0.39, 0.29) is 41.8 Å². The Kier molecular flexibility index (Phi) is 6.05. The van der Waals surface area contributed by atoms with Gasteiger partial charge >= 0.3 is 0 Å². The van der Waals surface area contributed by atoms with E-state index in [9.17, 15) is 22.0 Å². The minimum atomic E-state index is -3.12. The summed E-state index contributed by atoms with van der Waals surface area (Å²) in [4.78, 5) is 14.5. The summed E-state index contributed by atoms with van der Waals surface area (Å²) in [6, 6.07) is 8.59. The molecule has 3 rings (SSSR count). The van der Waals surface area contributed by atoms with E-state index in [0.717, 1.165) is 11.6 Å². The molecule has 0 spiro atoms. The number of nitrogens with zero attached hydrogens (tertiary/aromatic N) is 1. The third kappa shape index (κ3) is 4.70. The Bertz CT molecular complexity index is 997. The fraction of sp³-hybridized carbons (Fsp3) is 0.350. The molecular weight excluding hydrogens is 408 g/mol. The van der Waals surface area contributed by atoms with Crippen LogP contribution in [-0.4, -0.2) is 25.8 Å². The number of carbonyl (C=O) groups is 1. The minimum Gasteiger partial charge on any atom is -0.308 e. The zero-order chi connectivity index (χ0) is 20.5. The van der Waals surface area contributed by atoms with E-state index in [2.05, 4.69) is 0 Å². The number of hydrogen-bond acceptors (Lipinski definition) is 3. The number of amides is 1. The highest BCUT2D eigenvalue weighted by Crippen LogP contribution is 2.29. The molecule has 1 aliphatic rings. The van der Waals surface area contributed by atoms with Crippen molar-refractivity contribution in [1.82, 2.24) is 0 Å². The molecule has 1 amide bonds. The number of halogens is 3. The number of carbonyl (C=O) groups excluding carboxylic acids is 1. The normalized spacial score (nSPS) is 16.7. The van der Waals surface area contributed by atoms with Gasteiger partial charge in [0.15, 0.2) is 0 Å².